The number of aryl methyl sites for hydroxylation is 2. The molecule has 2 aromatic heterocycles. The summed E-state index contributed by atoms with van der Waals surface area (Å²) in [5.41, 5.74) is 5.75. The van der Waals surface area contributed by atoms with Crippen LogP contribution in [0.1, 0.15) is 31.9 Å². The number of nitrogens with zero attached hydrogens (tertiary/aromatic N) is 4. The molecule has 0 aliphatic carbocycles. The Morgan fingerprint density at radius 2 is 1.76 bits per heavy atom. The third-order valence-electron chi connectivity index (χ3n) is 6.34. The zero-order chi connectivity index (χ0) is 24.0. The van der Waals surface area contributed by atoms with Gasteiger partial charge < -0.3 is 4.90 Å². The molecule has 0 atom stereocenters. The van der Waals surface area contributed by atoms with E-state index in [0.29, 0.717) is 25.3 Å². The first-order valence-electron chi connectivity index (χ1n) is 11.5. The maximum Gasteiger partial charge on any atom is 0.330 e. The molecule has 33 heavy (non-hydrogen) atoms. The average Bonchev–Trinajstić information content (AvgIpc) is 2.97. The van der Waals surface area contributed by atoms with Crippen molar-refractivity contribution in [1.82, 2.24) is 19.0 Å². The SMILES string of the molecule is Cc1ccc(CCN2CCS(=O)(=O)CC2)cc1-c1ccc2c(n1)n(C)c(=O)n2CC(C)(C)C. The average molecular weight is 471 g/mol. The van der Waals surface area contributed by atoms with Crippen molar-refractivity contribution >= 4 is 21.0 Å². The van der Waals surface area contributed by atoms with Crippen molar-refractivity contribution in [2.24, 2.45) is 12.5 Å². The third-order valence-corrected chi connectivity index (χ3v) is 7.95. The normalized spacial score (nSPS) is 17.0. The van der Waals surface area contributed by atoms with E-state index < -0.39 is 9.84 Å². The molecule has 0 unspecified atom stereocenters. The first kappa shape index (κ1) is 23.7. The molecular formula is C25H34N4O3S. The van der Waals surface area contributed by atoms with Gasteiger partial charge in [0.2, 0.25) is 0 Å². The van der Waals surface area contributed by atoms with Gasteiger partial charge in [-0.15, -0.1) is 0 Å². The minimum atomic E-state index is -2.86. The van der Waals surface area contributed by atoms with Crippen LogP contribution in [0.2, 0.25) is 0 Å². The maximum absolute atomic E-state index is 12.9. The van der Waals surface area contributed by atoms with E-state index in [1.165, 1.54) is 5.56 Å². The molecule has 4 rings (SSSR count). The van der Waals surface area contributed by atoms with Crippen LogP contribution in [0.5, 0.6) is 0 Å². The summed E-state index contributed by atoms with van der Waals surface area (Å²) in [6.45, 7) is 11.1. The second kappa shape index (κ2) is 8.72. The molecule has 1 aliphatic rings. The number of imidazole rings is 1. The number of fused-ring (bicyclic) bond motifs is 1. The Labute approximate surface area is 196 Å². The molecular weight excluding hydrogens is 436 g/mol. The van der Waals surface area contributed by atoms with Crippen molar-refractivity contribution in [3.8, 4) is 11.3 Å². The molecule has 0 bridgehead atoms. The van der Waals surface area contributed by atoms with E-state index in [1.807, 2.05) is 16.7 Å². The standard InChI is InChI=1S/C25H34N4O3S/c1-18-6-7-19(10-11-28-12-14-33(31,32)15-13-28)16-20(18)21-8-9-22-23(26-21)27(5)24(30)29(22)17-25(2,3)4/h6-9,16H,10-15,17H2,1-5H3. The summed E-state index contributed by atoms with van der Waals surface area (Å²) >= 11 is 0. The molecule has 1 aliphatic heterocycles. The van der Waals surface area contributed by atoms with E-state index in [4.69, 9.17) is 4.98 Å². The second-order valence-electron chi connectivity index (χ2n) is 10.4. The highest BCUT2D eigenvalue weighted by Crippen LogP contribution is 2.26. The third kappa shape index (κ3) is 5.22. The molecule has 1 aromatic carbocycles. The lowest BCUT2D eigenvalue weighted by Gasteiger charge is -2.26. The summed E-state index contributed by atoms with van der Waals surface area (Å²) in [5, 5.41) is 0. The van der Waals surface area contributed by atoms with E-state index in [-0.39, 0.29) is 22.6 Å². The number of pyridine rings is 1. The van der Waals surface area contributed by atoms with Gasteiger partial charge in [0.25, 0.3) is 0 Å². The van der Waals surface area contributed by atoms with Gasteiger partial charge in [0.1, 0.15) is 0 Å². The minimum absolute atomic E-state index is 0.0136. The fourth-order valence-electron chi connectivity index (χ4n) is 4.41. The van der Waals surface area contributed by atoms with E-state index in [9.17, 15) is 13.2 Å². The van der Waals surface area contributed by atoms with Crippen LogP contribution in [0.4, 0.5) is 0 Å². The topological polar surface area (TPSA) is 77.2 Å². The fraction of sp³-hybridized carbons (Fsp3) is 0.520. The summed E-state index contributed by atoms with van der Waals surface area (Å²) < 4.78 is 26.8. The van der Waals surface area contributed by atoms with Crippen molar-refractivity contribution < 1.29 is 8.42 Å². The quantitative estimate of drug-likeness (QED) is 0.573. The Morgan fingerprint density at radius 1 is 1.06 bits per heavy atom. The molecule has 0 spiro atoms. The first-order valence-corrected chi connectivity index (χ1v) is 13.3. The van der Waals surface area contributed by atoms with Gasteiger partial charge in [0.05, 0.1) is 22.7 Å². The zero-order valence-electron chi connectivity index (χ0n) is 20.3. The highest BCUT2D eigenvalue weighted by atomic mass is 32.2. The maximum atomic E-state index is 12.9. The molecule has 0 N–H and O–H groups in total. The first-order chi connectivity index (χ1) is 15.4. The lowest BCUT2D eigenvalue weighted by molar-refractivity contribution is 0.299. The lowest BCUT2D eigenvalue weighted by atomic mass is 9.97. The van der Waals surface area contributed by atoms with Crippen LogP contribution in [-0.4, -0.2) is 58.6 Å². The number of aromatic nitrogens is 3. The molecule has 0 radical (unpaired) electrons. The monoisotopic (exact) mass is 470 g/mol. The van der Waals surface area contributed by atoms with Gasteiger partial charge in [-0.3, -0.25) is 9.13 Å². The highest BCUT2D eigenvalue weighted by molar-refractivity contribution is 7.91. The largest absolute Gasteiger partial charge is 0.330 e. The van der Waals surface area contributed by atoms with Crippen LogP contribution in [-0.2, 0) is 29.9 Å². The van der Waals surface area contributed by atoms with Gasteiger partial charge in [-0.1, -0.05) is 32.9 Å². The summed E-state index contributed by atoms with van der Waals surface area (Å²) in [5.74, 6) is 0.507. The van der Waals surface area contributed by atoms with E-state index in [0.717, 1.165) is 35.3 Å². The number of hydrogen-bond donors (Lipinski definition) is 0. The van der Waals surface area contributed by atoms with Crippen LogP contribution in [0, 0.1) is 12.3 Å². The van der Waals surface area contributed by atoms with E-state index in [2.05, 4.69) is 50.8 Å². The molecule has 7 nitrogen and oxygen atoms in total. The van der Waals surface area contributed by atoms with Crippen LogP contribution in [0.15, 0.2) is 35.1 Å². The summed E-state index contributed by atoms with van der Waals surface area (Å²) in [6.07, 6.45) is 0.857. The predicted molar refractivity (Wildman–Crippen MR) is 133 cm³/mol. The Hall–Kier alpha value is -2.45. The number of hydrogen-bond acceptors (Lipinski definition) is 5. The molecule has 1 saturated heterocycles. The molecule has 8 heteroatoms. The number of sulfone groups is 1. The smallest absolute Gasteiger partial charge is 0.301 e. The van der Waals surface area contributed by atoms with E-state index >= 15 is 0 Å². The molecule has 3 heterocycles. The van der Waals surface area contributed by atoms with Gasteiger partial charge in [-0.2, -0.15) is 0 Å². The number of rotatable bonds is 5. The van der Waals surface area contributed by atoms with Crippen molar-refractivity contribution in [3.05, 3.63) is 51.9 Å². The van der Waals surface area contributed by atoms with Crippen molar-refractivity contribution in [2.75, 3.05) is 31.1 Å². The van der Waals surface area contributed by atoms with Crippen LogP contribution < -0.4 is 5.69 Å². The van der Waals surface area contributed by atoms with Crippen LogP contribution >= 0.6 is 0 Å². The highest BCUT2D eigenvalue weighted by Gasteiger charge is 2.22. The van der Waals surface area contributed by atoms with E-state index in [1.54, 1.807) is 11.6 Å². The second-order valence-corrected chi connectivity index (χ2v) is 12.7. The van der Waals surface area contributed by atoms with Gasteiger partial charge in [0, 0.05) is 38.8 Å². The van der Waals surface area contributed by atoms with Crippen molar-refractivity contribution in [2.45, 2.75) is 40.7 Å². The Bertz CT molecular complexity index is 1330. The molecule has 1 fully saturated rings. The Morgan fingerprint density at radius 3 is 2.42 bits per heavy atom. The molecule has 0 amide bonds. The van der Waals surface area contributed by atoms with Gasteiger partial charge in [-0.25, -0.2) is 18.2 Å². The van der Waals surface area contributed by atoms with Crippen LogP contribution in [0.3, 0.4) is 0 Å². The van der Waals surface area contributed by atoms with Gasteiger partial charge in [0.15, 0.2) is 15.5 Å². The van der Waals surface area contributed by atoms with Gasteiger partial charge in [-0.05, 0) is 48.1 Å². The zero-order valence-corrected chi connectivity index (χ0v) is 21.1. The number of benzene rings is 1. The van der Waals surface area contributed by atoms with Gasteiger partial charge >= 0.3 is 5.69 Å². The Balaban J connectivity index is 1.60. The molecule has 178 valence electrons. The summed E-state index contributed by atoms with van der Waals surface area (Å²) in [6, 6.07) is 10.4. The minimum Gasteiger partial charge on any atom is -0.301 e. The molecule has 3 aromatic rings. The summed E-state index contributed by atoms with van der Waals surface area (Å²) in [4.78, 5) is 20.0. The Kier molecular flexibility index (Phi) is 6.26. The predicted octanol–water partition coefficient (Wildman–Crippen LogP) is 3.03. The summed E-state index contributed by atoms with van der Waals surface area (Å²) in [7, 11) is -1.08. The van der Waals surface area contributed by atoms with Crippen molar-refractivity contribution in [3.63, 3.8) is 0 Å². The fourth-order valence-corrected chi connectivity index (χ4v) is 5.69. The molecule has 0 saturated carbocycles. The van der Waals surface area contributed by atoms with Crippen LogP contribution in [0.25, 0.3) is 22.4 Å². The van der Waals surface area contributed by atoms with Crippen molar-refractivity contribution in [1.29, 1.82) is 0 Å². The lowest BCUT2D eigenvalue weighted by Crippen LogP contribution is -2.41.